The van der Waals surface area contributed by atoms with E-state index in [0.717, 1.165) is 22.2 Å². The van der Waals surface area contributed by atoms with Gasteiger partial charge in [-0.25, -0.2) is 0 Å². The van der Waals surface area contributed by atoms with Crippen molar-refractivity contribution in [2.75, 3.05) is 19.0 Å². The Labute approximate surface area is 203 Å². The van der Waals surface area contributed by atoms with Gasteiger partial charge in [0.15, 0.2) is 0 Å². The largest absolute Gasteiger partial charge is 0.495 e. The van der Waals surface area contributed by atoms with E-state index in [0.29, 0.717) is 33.0 Å². The average Bonchev–Trinajstić information content (AvgIpc) is 3.35. The lowest BCUT2D eigenvalue weighted by Gasteiger charge is -2.13. The van der Waals surface area contributed by atoms with Crippen LogP contribution in [-0.4, -0.2) is 35.6 Å². The topological polar surface area (TPSA) is 88.8 Å². The van der Waals surface area contributed by atoms with Crippen molar-refractivity contribution in [3.8, 4) is 17.1 Å². The number of ether oxygens (including phenoxy) is 1. The van der Waals surface area contributed by atoms with Gasteiger partial charge in [-0.2, -0.15) is 0 Å². The van der Waals surface area contributed by atoms with E-state index in [1.54, 1.807) is 36.4 Å². The van der Waals surface area contributed by atoms with Crippen molar-refractivity contribution < 1.29 is 23.5 Å². The molecule has 0 unspecified atom stereocenters. The number of furan rings is 1. The number of anilines is 1. The van der Waals surface area contributed by atoms with Crippen LogP contribution in [-0.2, 0) is 9.59 Å². The molecule has 10 heteroatoms. The van der Waals surface area contributed by atoms with E-state index in [4.69, 9.17) is 32.4 Å². The van der Waals surface area contributed by atoms with Gasteiger partial charge in [-0.3, -0.25) is 19.3 Å². The molecule has 1 aromatic heterocycles. The SMILES string of the molecule is COc1ccc(NC(=O)CN2C(=O)S/C(=C/c3ccc(-c4ccc(Cl)cc4)o3)C2=O)cc1Cl. The second-order valence-electron chi connectivity index (χ2n) is 6.87. The highest BCUT2D eigenvalue weighted by Gasteiger charge is 2.36. The molecule has 0 aliphatic carbocycles. The summed E-state index contributed by atoms with van der Waals surface area (Å²) in [5.41, 5.74) is 1.24. The molecule has 0 bridgehead atoms. The summed E-state index contributed by atoms with van der Waals surface area (Å²) in [4.78, 5) is 38.5. The van der Waals surface area contributed by atoms with E-state index in [1.807, 2.05) is 12.1 Å². The van der Waals surface area contributed by atoms with Crippen molar-refractivity contribution in [1.29, 1.82) is 0 Å². The van der Waals surface area contributed by atoms with E-state index in [2.05, 4.69) is 5.32 Å². The summed E-state index contributed by atoms with van der Waals surface area (Å²) < 4.78 is 10.8. The van der Waals surface area contributed by atoms with Crippen LogP contribution in [0.5, 0.6) is 5.75 Å². The Morgan fingerprint density at radius 3 is 2.58 bits per heavy atom. The lowest BCUT2D eigenvalue weighted by atomic mass is 10.2. The Morgan fingerprint density at radius 2 is 1.88 bits per heavy atom. The number of carbonyl (C=O) groups excluding carboxylic acids is 3. The highest BCUT2D eigenvalue weighted by molar-refractivity contribution is 8.18. The van der Waals surface area contributed by atoms with E-state index >= 15 is 0 Å². The van der Waals surface area contributed by atoms with Crippen LogP contribution in [0.4, 0.5) is 10.5 Å². The molecular formula is C23H16Cl2N2O5S. The quantitative estimate of drug-likeness (QED) is 0.419. The minimum Gasteiger partial charge on any atom is -0.495 e. The number of nitrogens with zero attached hydrogens (tertiary/aromatic N) is 1. The average molecular weight is 503 g/mol. The van der Waals surface area contributed by atoms with Gasteiger partial charge < -0.3 is 14.5 Å². The number of hydrogen-bond acceptors (Lipinski definition) is 6. The van der Waals surface area contributed by atoms with Crippen LogP contribution in [0.15, 0.2) is 63.9 Å². The molecule has 0 atom stereocenters. The van der Waals surface area contributed by atoms with Crippen molar-refractivity contribution in [3.63, 3.8) is 0 Å². The number of carbonyl (C=O) groups is 3. The first-order valence-electron chi connectivity index (χ1n) is 9.58. The molecule has 7 nitrogen and oxygen atoms in total. The minimum atomic E-state index is -0.572. The number of nitrogens with one attached hydrogen (secondary N) is 1. The van der Waals surface area contributed by atoms with Gasteiger partial charge in [0.25, 0.3) is 11.1 Å². The number of imide groups is 1. The van der Waals surface area contributed by atoms with E-state index in [1.165, 1.54) is 19.3 Å². The summed E-state index contributed by atoms with van der Waals surface area (Å²) in [5.74, 6) is 0.348. The fourth-order valence-corrected chi connectivity index (χ4v) is 4.26. The Hall–Kier alpha value is -3.20. The Morgan fingerprint density at radius 1 is 1.12 bits per heavy atom. The highest BCUT2D eigenvalue weighted by atomic mass is 35.5. The number of thioether (sulfide) groups is 1. The zero-order chi connectivity index (χ0) is 23.5. The molecule has 1 aliphatic heterocycles. The Bertz CT molecular complexity index is 1270. The smallest absolute Gasteiger partial charge is 0.294 e. The number of rotatable bonds is 6. The normalized spacial score (nSPS) is 14.8. The second-order valence-corrected chi connectivity index (χ2v) is 8.71. The molecule has 2 aromatic carbocycles. The summed E-state index contributed by atoms with van der Waals surface area (Å²) in [6.07, 6.45) is 1.48. The minimum absolute atomic E-state index is 0.164. The fraction of sp³-hybridized carbons (Fsp3) is 0.0870. The fourth-order valence-electron chi connectivity index (χ4n) is 3.05. The molecule has 0 spiro atoms. The third-order valence-corrected chi connectivity index (χ3v) is 6.09. The maximum Gasteiger partial charge on any atom is 0.294 e. The van der Waals surface area contributed by atoms with E-state index < -0.39 is 23.6 Å². The standard InChI is InChI=1S/C23H16Cl2N2O5S/c1-31-19-8-6-15(10-17(19)25)26-21(28)12-27-22(29)20(33-23(27)30)11-16-7-9-18(32-16)13-2-4-14(24)5-3-13/h2-11H,12H2,1H3,(H,26,28)/b20-11+. The first-order chi connectivity index (χ1) is 15.8. The number of methoxy groups -OCH3 is 1. The van der Waals surface area contributed by atoms with Gasteiger partial charge in [-0.05, 0) is 66.4 Å². The predicted octanol–water partition coefficient (Wildman–Crippen LogP) is 5.94. The van der Waals surface area contributed by atoms with Crippen LogP contribution in [0.25, 0.3) is 17.4 Å². The third kappa shape index (κ3) is 5.24. The Balaban J connectivity index is 1.43. The van der Waals surface area contributed by atoms with Crippen molar-refractivity contribution in [3.05, 3.63) is 75.3 Å². The summed E-state index contributed by atoms with van der Waals surface area (Å²) >= 11 is 12.7. The van der Waals surface area contributed by atoms with Crippen molar-refractivity contribution in [1.82, 2.24) is 4.90 Å². The highest BCUT2D eigenvalue weighted by Crippen LogP contribution is 2.33. The van der Waals surface area contributed by atoms with Gasteiger partial charge in [0.2, 0.25) is 5.91 Å². The molecule has 1 saturated heterocycles. The third-order valence-electron chi connectivity index (χ3n) is 4.64. The van der Waals surface area contributed by atoms with Gasteiger partial charge in [0.05, 0.1) is 17.0 Å². The molecule has 168 valence electrons. The number of hydrogen-bond donors (Lipinski definition) is 1. The molecule has 4 rings (SSSR count). The van der Waals surface area contributed by atoms with Gasteiger partial charge in [-0.1, -0.05) is 23.2 Å². The van der Waals surface area contributed by atoms with Crippen molar-refractivity contribution >= 4 is 63.8 Å². The molecule has 0 radical (unpaired) electrons. The zero-order valence-corrected chi connectivity index (χ0v) is 19.5. The summed E-state index contributed by atoms with van der Waals surface area (Å²) in [6, 6.07) is 15.3. The van der Waals surface area contributed by atoms with E-state index in [-0.39, 0.29) is 4.91 Å². The van der Waals surface area contributed by atoms with Crippen LogP contribution in [0.2, 0.25) is 10.0 Å². The van der Waals surface area contributed by atoms with Crippen LogP contribution >= 0.6 is 35.0 Å². The second kappa shape index (κ2) is 9.74. The number of halogens is 2. The molecule has 2 heterocycles. The molecule has 33 heavy (non-hydrogen) atoms. The van der Waals surface area contributed by atoms with Crippen LogP contribution in [0.1, 0.15) is 5.76 Å². The Kier molecular flexibility index (Phi) is 6.78. The van der Waals surface area contributed by atoms with Crippen LogP contribution < -0.4 is 10.1 Å². The van der Waals surface area contributed by atoms with Crippen molar-refractivity contribution in [2.45, 2.75) is 0 Å². The summed E-state index contributed by atoms with van der Waals surface area (Å²) in [7, 11) is 1.48. The summed E-state index contributed by atoms with van der Waals surface area (Å²) in [6.45, 7) is -0.431. The molecule has 3 amide bonds. The van der Waals surface area contributed by atoms with Crippen LogP contribution in [0.3, 0.4) is 0 Å². The van der Waals surface area contributed by atoms with E-state index in [9.17, 15) is 14.4 Å². The molecule has 1 aliphatic rings. The number of benzene rings is 2. The first kappa shape index (κ1) is 23.0. The first-order valence-corrected chi connectivity index (χ1v) is 11.2. The number of amides is 3. The van der Waals surface area contributed by atoms with Gasteiger partial charge in [0.1, 0.15) is 23.8 Å². The maximum atomic E-state index is 12.7. The summed E-state index contributed by atoms with van der Waals surface area (Å²) in [5, 5.41) is 3.00. The molecule has 3 aromatic rings. The van der Waals surface area contributed by atoms with Crippen molar-refractivity contribution in [2.24, 2.45) is 0 Å². The van der Waals surface area contributed by atoms with Gasteiger partial charge in [-0.15, -0.1) is 0 Å². The van der Waals surface area contributed by atoms with Gasteiger partial charge >= 0.3 is 0 Å². The molecular weight excluding hydrogens is 487 g/mol. The zero-order valence-electron chi connectivity index (χ0n) is 17.1. The monoisotopic (exact) mass is 502 g/mol. The molecule has 1 N–H and O–H groups in total. The van der Waals surface area contributed by atoms with Gasteiger partial charge in [0, 0.05) is 22.3 Å². The predicted molar refractivity (Wildman–Crippen MR) is 128 cm³/mol. The lowest BCUT2D eigenvalue weighted by molar-refractivity contribution is -0.127. The van der Waals surface area contributed by atoms with Crippen LogP contribution in [0, 0.1) is 0 Å². The molecule has 0 saturated carbocycles. The molecule has 1 fully saturated rings. The maximum absolute atomic E-state index is 12.7. The lowest BCUT2D eigenvalue weighted by Crippen LogP contribution is -2.36.